The van der Waals surface area contributed by atoms with E-state index in [1.807, 2.05) is 0 Å². The highest BCUT2D eigenvalue weighted by molar-refractivity contribution is 7.89. The van der Waals surface area contributed by atoms with Crippen LogP contribution in [0.25, 0.3) is 0 Å². The zero-order valence-electron chi connectivity index (χ0n) is 22.2. The molecule has 11 nitrogen and oxygen atoms in total. The van der Waals surface area contributed by atoms with E-state index in [4.69, 9.17) is 9.72 Å². The molecule has 0 unspecified atom stereocenters. The molecule has 0 saturated carbocycles. The summed E-state index contributed by atoms with van der Waals surface area (Å²) in [5, 5.41) is 8.82. The van der Waals surface area contributed by atoms with Crippen LogP contribution in [0.1, 0.15) is 77.5 Å². The Labute approximate surface area is 213 Å². The fraction of sp³-hybridized carbons (Fsp3) is 0.792. The van der Waals surface area contributed by atoms with Crippen LogP contribution in [-0.2, 0) is 33.3 Å². The molecule has 0 aliphatic carbocycles. The molecule has 2 fully saturated rings. The molecule has 2 amide bonds. The van der Waals surface area contributed by atoms with Crippen molar-refractivity contribution in [3.63, 3.8) is 0 Å². The van der Waals surface area contributed by atoms with Gasteiger partial charge in [-0.25, -0.2) is 27.3 Å². The molecule has 1 aromatic rings. The molecule has 3 aliphatic heterocycles. The van der Waals surface area contributed by atoms with Gasteiger partial charge in [-0.15, -0.1) is 0 Å². The molecule has 12 heteroatoms. The fourth-order valence-electron chi connectivity index (χ4n) is 5.18. The molecule has 0 radical (unpaired) electrons. The molecule has 2 saturated heterocycles. The number of carbonyl (C=O) groups excluding carboxylic acids is 1. The van der Waals surface area contributed by atoms with E-state index >= 15 is 0 Å². The van der Waals surface area contributed by atoms with Crippen LogP contribution in [0.4, 0.5) is 9.59 Å². The smallest absolute Gasteiger partial charge is 0.410 e. The number of amides is 2. The second kappa shape index (κ2) is 9.20. The second-order valence-electron chi connectivity index (χ2n) is 12.1. The van der Waals surface area contributed by atoms with Crippen LogP contribution in [0, 0.1) is 0 Å². The maximum absolute atomic E-state index is 13.2. The van der Waals surface area contributed by atoms with Gasteiger partial charge in [0.1, 0.15) is 16.7 Å². The Kier molecular flexibility index (Phi) is 6.83. The van der Waals surface area contributed by atoms with E-state index in [0.29, 0.717) is 39.0 Å². The zero-order chi connectivity index (χ0) is 26.6. The summed E-state index contributed by atoms with van der Waals surface area (Å²) in [5.41, 5.74) is 1.26. The van der Waals surface area contributed by atoms with Crippen LogP contribution in [0.3, 0.4) is 0 Å². The van der Waals surface area contributed by atoms with Crippen molar-refractivity contribution in [1.82, 2.24) is 23.7 Å². The third-order valence-corrected chi connectivity index (χ3v) is 9.34. The van der Waals surface area contributed by atoms with Crippen molar-refractivity contribution in [3.05, 3.63) is 17.2 Å². The summed E-state index contributed by atoms with van der Waals surface area (Å²) in [6.45, 7) is 14.0. The van der Waals surface area contributed by atoms with Crippen molar-refractivity contribution in [2.24, 2.45) is 0 Å². The molecule has 202 valence electrons. The van der Waals surface area contributed by atoms with Crippen molar-refractivity contribution >= 4 is 22.2 Å². The van der Waals surface area contributed by atoms with Gasteiger partial charge in [0.05, 0.1) is 12.2 Å². The number of hydrogen-bond donors (Lipinski definition) is 1. The number of piperidine rings is 1. The van der Waals surface area contributed by atoms with Crippen molar-refractivity contribution in [2.75, 3.05) is 32.7 Å². The summed E-state index contributed by atoms with van der Waals surface area (Å²) in [5.74, 6) is 0.915. The number of carboxylic acid groups (broad SMARTS) is 1. The van der Waals surface area contributed by atoms with Gasteiger partial charge in [0.15, 0.2) is 0 Å². The lowest BCUT2D eigenvalue weighted by atomic mass is 9.84. The second-order valence-corrected chi connectivity index (χ2v) is 14.3. The minimum atomic E-state index is -3.51. The van der Waals surface area contributed by atoms with E-state index in [1.165, 1.54) is 9.80 Å². The first-order chi connectivity index (χ1) is 16.6. The topological polar surface area (TPSA) is 125 Å². The first kappa shape index (κ1) is 26.7. The number of sulfonamides is 1. The summed E-state index contributed by atoms with van der Waals surface area (Å²) in [6, 6.07) is 0. The average molecular weight is 526 g/mol. The number of imidazole rings is 1. The molecule has 0 bridgehead atoms. The molecule has 1 aromatic heterocycles. The van der Waals surface area contributed by atoms with Gasteiger partial charge in [0.25, 0.3) is 0 Å². The van der Waals surface area contributed by atoms with Crippen LogP contribution in [0.5, 0.6) is 0 Å². The summed E-state index contributed by atoms with van der Waals surface area (Å²) < 4.78 is 35.6. The van der Waals surface area contributed by atoms with Gasteiger partial charge in [-0.05, 0) is 33.6 Å². The van der Waals surface area contributed by atoms with Gasteiger partial charge in [-0.1, -0.05) is 20.8 Å². The van der Waals surface area contributed by atoms with Crippen molar-refractivity contribution in [3.8, 4) is 0 Å². The van der Waals surface area contributed by atoms with E-state index in [-0.39, 0.29) is 31.0 Å². The average Bonchev–Trinajstić information content (AvgIpc) is 3.10. The van der Waals surface area contributed by atoms with Crippen LogP contribution in [-0.4, -0.2) is 92.9 Å². The molecule has 36 heavy (non-hydrogen) atoms. The molecule has 0 atom stereocenters. The van der Waals surface area contributed by atoms with Gasteiger partial charge < -0.3 is 19.3 Å². The first-order valence-electron chi connectivity index (χ1n) is 12.6. The lowest BCUT2D eigenvalue weighted by molar-refractivity contribution is 0.0135. The minimum absolute atomic E-state index is 0.154. The van der Waals surface area contributed by atoms with E-state index in [9.17, 15) is 23.1 Å². The molecule has 1 N–H and O–H groups in total. The molecule has 4 heterocycles. The van der Waals surface area contributed by atoms with Crippen molar-refractivity contribution in [2.45, 2.75) is 89.7 Å². The van der Waals surface area contributed by atoms with E-state index in [1.54, 1.807) is 25.1 Å². The van der Waals surface area contributed by atoms with Crippen LogP contribution in [0.2, 0.25) is 0 Å². The standard InChI is InChI=1S/C24H39N5O6S/c1-23(2,3)20-19(29-12-11-26(21(30)31)15-18(29)25-20)16-7-9-28(10-8-16)36(33,34)17-13-27(14-17)22(32)35-24(4,5)6/h16-17H,7-15H2,1-6H3,(H,30,31). The third-order valence-electron chi connectivity index (χ3n) is 7.11. The normalized spacial score (nSPS) is 20.7. The lowest BCUT2D eigenvalue weighted by Crippen LogP contribution is -2.61. The maximum Gasteiger partial charge on any atom is 0.410 e. The quantitative estimate of drug-likeness (QED) is 0.643. The number of carbonyl (C=O) groups is 2. The SMILES string of the molecule is CC(C)(C)OC(=O)N1CC(S(=O)(=O)N2CCC(c3c(C(C)(C)C)nc4n3CCN(C(=O)O)C4)CC2)C1. The van der Waals surface area contributed by atoms with Gasteiger partial charge in [-0.2, -0.15) is 0 Å². The summed E-state index contributed by atoms with van der Waals surface area (Å²) >= 11 is 0. The van der Waals surface area contributed by atoms with Crippen LogP contribution < -0.4 is 0 Å². The summed E-state index contributed by atoms with van der Waals surface area (Å²) in [6.07, 6.45) is -0.0610. The fourth-order valence-corrected chi connectivity index (χ4v) is 7.06. The number of nitrogens with zero attached hydrogens (tertiary/aromatic N) is 5. The maximum atomic E-state index is 13.2. The number of rotatable bonds is 3. The number of aromatic nitrogens is 2. The minimum Gasteiger partial charge on any atom is -0.465 e. The first-order valence-corrected chi connectivity index (χ1v) is 14.1. The zero-order valence-corrected chi connectivity index (χ0v) is 23.0. The Balaban J connectivity index is 1.43. The third kappa shape index (κ3) is 5.20. The monoisotopic (exact) mass is 525 g/mol. The highest BCUT2D eigenvalue weighted by atomic mass is 32.2. The number of fused-ring (bicyclic) bond motifs is 1. The predicted molar refractivity (Wildman–Crippen MR) is 133 cm³/mol. The number of hydrogen-bond acceptors (Lipinski definition) is 6. The summed E-state index contributed by atoms with van der Waals surface area (Å²) in [7, 11) is -3.51. The highest BCUT2D eigenvalue weighted by Crippen LogP contribution is 2.38. The van der Waals surface area contributed by atoms with Gasteiger partial charge in [0.2, 0.25) is 10.0 Å². The number of ether oxygens (including phenoxy) is 1. The Morgan fingerprint density at radius 1 is 0.972 bits per heavy atom. The number of likely N-dealkylation sites (tertiary alicyclic amines) is 1. The van der Waals surface area contributed by atoms with Gasteiger partial charge in [0, 0.05) is 56.3 Å². The van der Waals surface area contributed by atoms with Crippen molar-refractivity contribution < 1.29 is 27.9 Å². The molecule has 0 spiro atoms. The Morgan fingerprint density at radius 2 is 1.58 bits per heavy atom. The summed E-state index contributed by atoms with van der Waals surface area (Å²) in [4.78, 5) is 31.4. The molecular weight excluding hydrogens is 486 g/mol. The lowest BCUT2D eigenvalue weighted by Gasteiger charge is -2.42. The van der Waals surface area contributed by atoms with E-state index < -0.39 is 33.1 Å². The largest absolute Gasteiger partial charge is 0.465 e. The van der Waals surface area contributed by atoms with Crippen LogP contribution >= 0.6 is 0 Å². The highest BCUT2D eigenvalue weighted by Gasteiger charge is 2.45. The van der Waals surface area contributed by atoms with Gasteiger partial charge in [-0.3, -0.25) is 4.90 Å². The molecule has 3 aliphatic rings. The Bertz CT molecular complexity index is 1120. The molecule has 4 rings (SSSR count). The van der Waals surface area contributed by atoms with Crippen molar-refractivity contribution in [1.29, 1.82) is 0 Å². The Hall–Kier alpha value is -2.34. The van der Waals surface area contributed by atoms with Crippen LogP contribution in [0.15, 0.2) is 0 Å². The van der Waals surface area contributed by atoms with E-state index in [0.717, 1.165) is 17.2 Å². The molecule has 0 aromatic carbocycles. The molecular formula is C24H39N5O6S. The predicted octanol–water partition coefficient (Wildman–Crippen LogP) is 2.80. The van der Waals surface area contributed by atoms with Gasteiger partial charge >= 0.3 is 12.2 Å². The van der Waals surface area contributed by atoms with E-state index in [2.05, 4.69) is 25.3 Å². The Morgan fingerprint density at radius 3 is 2.11 bits per heavy atom.